The van der Waals surface area contributed by atoms with Crippen LogP contribution in [0.5, 0.6) is 0 Å². The lowest BCUT2D eigenvalue weighted by molar-refractivity contribution is -0.141. The van der Waals surface area contributed by atoms with Gasteiger partial charge in [0.2, 0.25) is 0 Å². The number of hydrogen-bond acceptors (Lipinski definition) is 12. The lowest BCUT2D eigenvalue weighted by atomic mass is 10.0. The Balaban J connectivity index is 4.67. The fraction of sp³-hybridized carbons (Fsp3) is 0.929. The minimum atomic E-state index is -1.75. The van der Waals surface area contributed by atoms with Crippen LogP contribution in [0.25, 0.3) is 0 Å². The van der Waals surface area contributed by atoms with E-state index in [0.717, 1.165) is 64.2 Å². The highest BCUT2D eigenvalue weighted by Gasteiger charge is 2.31. The Bertz CT molecular complexity index is 601. The van der Waals surface area contributed by atoms with Crippen molar-refractivity contribution in [3.8, 4) is 0 Å². The third kappa shape index (κ3) is 19.7. The summed E-state index contributed by atoms with van der Waals surface area (Å²) in [5, 5.41) is 70.4. The number of aliphatic hydroxyl groups excluding tert-OH is 7. The van der Waals surface area contributed by atoms with Crippen molar-refractivity contribution in [1.82, 2.24) is 4.90 Å². The van der Waals surface area contributed by atoms with Crippen molar-refractivity contribution in [2.75, 3.05) is 40.5 Å². The van der Waals surface area contributed by atoms with Gasteiger partial charge in [0.1, 0.15) is 18.3 Å². The Kier molecular flexibility index (Phi) is 23.4. The van der Waals surface area contributed by atoms with Gasteiger partial charge in [0, 0.05) is 32.5 Å². The van der Waals surface area contributed by atoms with E-state index in [2.05, 4.69) is 9.47 Å². The smallest absolute Gasteiger partial charge is 0.305 e. The van der Waals surface area contributed by atoms with E-state index in [4.69, 9.17) is 5.11 Å². The molecule has 7 N–H and O–H groups in total. The zero-order valence-corrected chi connectivity index (χ0v) is 24.4. The van der Waals surface area contributed by atoms with E-state index in [1.807, 2.05) is 0 Å². The predicted octanol–water partition coefficient (Wildman–Crippen LogP) is 0.254. The average Bonchev–Trinajstić information content (AvgIpc) is 2.94. The maximum absolute atomic E-state index is 11.2. The number of ether oxygens (including phenoxy) is 2. The van der Waals surface area contributed by atoms with Crippen molar-refractivity contribution in [3.05, 3.63) is 0 Å². The Morgan fingerprint density at radius 3 is 1.35 bits per heavy atom. The number of carbonyl (C=O) groups excluding carboxylic acids is 2. The quantitative estimate of drug-likeness (QED) is 0.0544. The molecule has 0 spiro atoms. The molecule has 0 aromatic rings. The highest BCUT2D eigenvalue weighted by molar-refractivity contribution is 5.69. The number of unbranched alkanes of at least 4 members (excludes halogenated alkanes) is 8. The van der Waals surface area contributed by atoms with Gasteiger partial charge in [-0.25, -0.2) is 0 Å². The SMILES string of the molecule is COC(=O)CCCCCCCC(O)CN(CC(O)CCCCCCCC(=O)OC)C[C@H](O)[C@@H](O)[C@H](O)[C@H](O)CO. The molecule has 0 saturated carbocycles. The predicted molar refractivity (Wildman–Crippen MR) is 148 cm³/mol. The van der Waals surface area contributed by atoms with Crippen molar-refractivity contribution in [3.63, 3.8) is 0 Å². The Hall–Kier alpha value is -1.38. The number of carbonyl (C=O) groups is 2. The molecular formula is C28H55NO11. The van der Waals surface area contributed by atoms with Crippen LogP contribution in [0.15, 0.2) is 0 Å². The second-order valence-corrected chi connectivity index (χ2v) is 10.6. The molecule has 238 valence electrons. The van der Waals surface area contributed by atoms with Gasteiger partial charge < -0.3 is 45.2 Å². The highest BCUT2D eigenvalue weighted by Crippen LogP contribution is 2.14. The number of methoxy groups -OCH3 is 2. The van der Waals surface area contributed by atoms with Crippen LogP contribution in [0.4, 0.5) is 0 Å². The summed E-state index contributed by atoms with van der Waals surface area (Å²) >= 11 is 0. The Morgan fingerprint density at radius 1 is 0.575 bits per heavy atom. The first-order valence-corrected chi connectivity index (χ1v) is 14.6. The number of aliphatic hydroxyl groups is 7. The molecule has 0 aromatic carbocycles. The molecule has 40 heavy (non-hydrogen) atoms. The number of esters is 2. The van der Waals surface area contributed by atoms with Crippen LogP contribution in [-0.2, 0) is 19.1 Å². The lowest BCUT2D eigenvalue weighted by Crippen LogP contribution is -2.51. The minimum Gasteiger partial charge on any atom is -0.469 e. The van der Waals surface area contributed by atoms with Gasteiger partial charge in [-0.05, 0) is 25.7 Å². The highest BCUT2D eigenvalue weighted by atomic mass is 16.5. The van der Waals surface area contributed by atoms with E-state index >= 15 is 0 Å². The van der Waals surface area contributed by atoms with E-state index in [0.29, 0.717) is 25.7 Å². The molecule has 12 nitrogen and oxygen atoms in total. The van der Waals surface area contributed by atoms with Crippen LogP contribution >= 0.6 is 0 Å². The van der Waals surface area contributed by atoms with E-state index in [-0.39, 0.29) is 31.6 Å². The first-order valence-electron chi connectivity index (χ1n) is 14.6. The molecule has 12 heteroatoms. The molecular weight excluding hydrogens is 526 g/mol. The van der Waals surface area contributed by atoms with E-state index in [1.165, 1.54) is 14.2 Å². The number of nitrogens with zero attached hydrogens (tertiary/aromatic N) is 1. The second kappa shape index (κ2) is 24.2. The molecule has 0 aliphatic carbocycles. The normalized spacial score (nSPS) is 16.2. The van der Waals surface area contributed by atoms with Crippen LogP contribution in [0.3, 0.4) is 0 Å². The first-order chi connectivity index (χ1) is 19.0. The van der Waals surface area contributed by atoms with Gasteiger partial charge >= 0.3 is 11.9 Å². The van der Waals surface area contributed by atoms with Crippen molar-refractivity contribution in [2.24, 2.45) is 0 Å². The summed E-state index contributed by atoms with van der Waals surface area (Å²) in [6.07, 6.45) is 2.14. The van der Waals surface area contributed by atoms with Crippen LogP contribution in [-0.4, -0.2) is 130 Å². The first kappa shape index (κ1) is 38.6. The van der Waals surface area contributed by atoms with Crippen LogP contribution < -0.4 is 0 Å². The van der Waals surface area contributed by atoms with Gasteiger partial charge in [0.05, 0.1) is 39.1 Å². The largest absolute Gasteiger partial charge is 0.469 e. The van der Waals surface area contributed by atoms with Crippen molar-refractivity contribution >= 4 is 11.9 Å². The average molecular weight is 582 g/mol. The van der Waals surface area contributed by atoms with Gasteiger partial charge in [-0.2, -0.15) is 0 Å². The molecule has 0 heterocycles. The summed E-state index contributed by atoms with van der Waals surface area (Å²) in [5.74, 6) is -0.446. The standard InChI is InChI=1S/C28H55NO11/c1-39-25(35)15-11-7-3-5-9-13-21(31)17-29(19-23(33)27(37)28(38)24(34)20-30)18-22(32)14-10-6-4-8-12-16-26(36)40-2/h21-24,27-28,30-34,37-38H,3-20H2,1-2H3/t21?,22?,23-,24+,27+,28+/m0/s1. The van der Waals surface area contributed by atoms with E-state index in [9.17, 15) is 40.2 Å². The summed E-state index contributed by atoms with van der Waals surface area (Å²) in [6, 6.07) is 0. The lowest BCUT2D eigenvalue weighted by Gasteiger charge is -2.32. The summed E-state index contributed by atoms with van der Waals surface area (Å²) in [7, 11) is 2.73. The van der Waals surface area contributed by atoms with Gasteiger partial charge in [-0.1, -0.05) is 51.4 Å². The van der Waals surface area contributed by atoms with Crippen molar-refractivity contribution in [2.45, 2.75) is 127 Å². The monoisotopic (exact) mass is 581 g/mol. The molecule has 6 atom stereocenters. The summed E-state index contributed by atoms with van der Waals surface area (Å²) in [5.41, 5.74) is 0. The van der Waals surface area contributed by atoms with Crippen molar-refractivity contribution in [1.29, 1.82) is 0 Å². The minimum absolute atomic E-state index is 0.134. The van der Waals surface area contributed by atoms with Gasteiger partial charge in [-0.15, -0.1) is 0 Å². The number of hydrogen-bond donors (Lipinski definition) is 7. The molecule has 0 fully saturated rings. The maximum atomic E-state index is 11.2. The Morgan fingerprint density at radius 2 is 0.950 bits per heavy atom. The molecule has 0 amide bonds. The fourth-order valence-corrected chi connectivity index (χ4v) is 4.50. The molecule has 0 aliphatic rings. The van der Waals surface area contributed by atoms with Crippen LogP contribution in [0.2, 0.25) is 0 Å². The van der Waals surface area contributed by atoms with Crippen LogP contribution in [0.1, 0.15) is 89.9 Å². The van der Waals surface area contributed by atoms with Gasteiger partial charge in [-0.3, -0.25) is 14.5 Å². The van der Waals surface area contributed by atoms with Crippen molar-refractivity contribution < 1.29 is 54.8 Å². The van der Waals surface area contributed by atoms with E-state index in [1.54, 1.807) is 4.90 Å². The topological polar surface area (TPSA) is 197 Å². The van der Waals surface area contributed by atoms with Gasteiger partial charge in [0.15, 0.2) is 0 Å². The molecule has 0 radical (unpaired) electrons. The maximum Gasteiger partial charge on any atom is 0.305 e. The molecule has 0 saturated heterocycles. The van der Waals surface area contributed by atoms with E-state index < -0.39 is 43.2 Å². The molecule has 0 rings (SSSR count). The summed E-state index contributed by atoms with van der Waals surface area (Å²) < 4.78 is 9.24. The zero-order chi connectivity index (χ0) is 30.3. The Labute approximate surface area is 238 Å². The molecule has 2 unspecified atom stereocenters. The summed E-state index contributed by atoms with van der Waals surface area (Å²) in [6.45, 7) is -0.673. The second-order valence-electron chi connectivity index (χ2n) is 10.6. The molecule has 0 aromatic heterocycles. The third-order valence-corrected chi connectivity index (χ3v) is 7.00. The third-order valence-electron chi connectivity index (χ3n) is 7.00. The molecule has 0 bridgehead atoms. The summed E-state index contributed by atoms with van der Waals surface area (Å²) in [4.78, 5) is 23.9. The number of rotatable bonds is 26. The van der Waals surface area contributed by atoms with Gasteiger partial charge in [0.25, 0.3) is 0 Å². The molecule has 0 aliphatic heterocycles. The fourth-order valence-electron chi connectivity index (χ4n) is 4.50. The van der Waals surface area contributed by atoms with Crippen LogP contribution in [0, 0.1) is 0 Å². The zero-order valence-electron chi connectivity index (χ0n) is 24.4.